The highest BCUT2D eigenvalue weighted by Gasteiger charge is 2.28. The molecular formula is C18H11F4NO4. The van der Waals surface area contributed by atoms with Crippen LogP contribution in [0.25, 0.3) is 10.9 Å². The van der Waals surface area contributed by atoms with Gasteiger partial charge < -0.3 is 9.84 Å². The fourth-order valence-electron chi connectivity index (χ4n) is 2.74. The van der Waals surface area contributed by atoms with Gasteiger partial charge in [0.25, 0.3) is 5.91 Å². The normalized spacial score (nSPS) is 11.0. The number of carbonyl (C=O) groups excluding carboxylic acids is 2. The third kappa shape index (κ3) is 2.90. The summed E-state index contributed by atoms with van der Waals surface area (Å²) in [5.74, 6) is -8.75. The Kier molecular flexibility index (Phi) is 4.38. The molecule has 0 aliphatic heterocycles. The number of carbonyl (C=O) groups is 2. The van der Waals surface area contributed by atoms with Gasteiger partial charge in [-0.1, -0.05) is 0 Å². The van der Waals surface area contributed by atoms with E-state index in [1.165, 1.54) is 6.92 Å². The number of phenolic OH excluding ortho intramolecular Hbond substituents is 1. The molecule has 1 aromatic heterocycles. The zero-order chi connectivity index (χ0) is 20.0. The van der Waals surface area contributed by atoms with Crippen LogP contribution in [0, 0.1) is 30.2 Å². The molecule has 2 aromatic carbocycles. The molecule has 0 atom stereocenters. The van der Waals surface area contributed by atoms with E-state index < -0.39 is 52.0 Å². The number of aromatic nitrogens is 1. The number of aromatic hydroxyl groups is 1. The molecule has 1 N–H and O–H groups in total. The molecule has 140 valence electrons. The van der Waals surface area contributed by atoms with Gasteiger partial charge in [0.05, 0.1) is 16.6 Å². The summed E-state index contributed by atoms with van der Waals surface area (Å²) < 4.78 is 60.6. The SMILES string of the molecule is CC(=O)Oc1c(C)n(C(=O)c2ccc(F)c(F)c2)c2cc(F)c(O)c(F)c12. The first-order chi connectivity index (χ1) is 12.6. The van der Waals surface area contributed by atoms with Gasteiger partial charge >= 0.3 is 5.97 Å². The van der Waals surface area contributed by atoms with E-state index in [4.69, 9.17) is 4.74 Å². The zero-order valence-corrected chi connectivity index (χ0v) is 13.9. The van der Waals surface area contributed by atoms with Crippen LogP contribution in [0.1, 0.15) is 23.0 Å². The fourth-order valence-corrected chi connectivity index (χ4v) is 2.74. The number of halogens is 4. The maximum Gasteiger partial charge on any atom is 0.308 e. The largest absolute Gasteiger partial charge is 0.503 e. The second-order valence-corrected chi connectivity index (χ2v) is 5.69. The average Bonchev–Trinajstić information content (AvgIpc) is 2.86. The molecule has 5 nitrogen and oxygen atoms in total. The topological polar surface area (TPSA) is 68.5 Å². The summed E-state index contributed by atoms with van der Waals surface area (Å²) >= 11 is 0. The summed E-state index contributed by atoms with van der Waals surface area (Å²) in [6, 6.07) is 3.02. The van der Waals surface area contributed by atoms with Gasteiger partial charge in [-0.3, -0.25) is 14.2 Å². The van der Waals surface area contributed by atoms with Gasteiger partial charge in [-0.2, -0.15) is 0 Å². The minimum Gasteiger partial charge on any atom is -0.503 e. The molecule has 0 aliphatic carbocycles. The standard InChI is InChI=1S/C18H11F4NO4/c1-7-17(27-8(2)24)14-13(6-12(21)16(25)15(14)22)23(7)18(26)9-3-4-10(19)11(20)5-9/h3-6,25H,1-2H3. The molecular weight excluding hydrogens is 370 g/mol. The lowest BCUT2D eigenvalue weighted by Gasteiger charge is -2.08. The number of nitrogens with zero attached hydrogens (tertiary/aromatic N) is 1. The average molecular weight is 381 g/mol. The second-order valence-electron chi connectivity index (χ2n) is 5.69. The minimum atomic E-state index is -1.43. The zero-order valence-electron chi connectivity index (χ0n) is 13.9. The van der Waals surface area contributed by atoms with E-state index in [0.29, 0.717) is 12.1 Å². The molecule has 27 heavy (non-hydrogen) atoms. The molecule has 0 saturated carbocycles. The Morgan fingerprint density at radius 1 is 1.04 bits per heavy atom. The minimum absolute atomic E-state index is 0.0983. The monoisotopic (exact) mass is 381 g/mol. The highest BCUT2D eigenvalue weighted by atomic mass is 19.2. The molecule has 0 unspecified atom stereocenters. The van der Waals surface area contributed by atoms with Crippen molar-refractivity contribution in [1.29, 1.82) is 0 Å². The van der Waals surface area contributed by atoms with Gasteiger partial charge in [0.1, 0.15) is 0 Å². The van der Waals surface area contributed by atoms with Crippen LogP contribution in [0.2, 0.25) is 0 Å². The summed E-state index contributed by atoms with van der Waals surface area (Å²) in [4.78, 5) is 24.1. The molecule has 0 aliphatic rings. The van der Waals surface area contributed by atoms with E-state index in [9.17, 15) is 32.3 Å². The molecule has 0 amide bonds. The predicted molar refractivity (Wildman–Crippen MR) is 85.7 cm³/mol. The van der Waals surface area contributed by atoms with Crippen molar-refractivity contribution in [2.45, 2.75) is 13.8 Å². The number of phenols is 1. The van der Waals surface area contributed by atoms with Crippen LogP contribution < -0.4 is 4.74 Å². The summed E-state index contributed by atoms with van der Waals surface area (Å²) in [7, 11) is 0. The van der Waals surface area contributed by atoms with Crippen molar-refractivity contribution in [3.63, 3.8) is 0 Å². The molecule has 0 fully saturated rings. The Morgan fingerprint density at radius 2 is 1.70 bits per heavy atom. The van der Waals surface area contributed by atoms with Crippen molar-refractivity contribution in [2.24, 2.45) is 0 Å². The second kappa shape index (κ2) is 6.42. The van der Waals surface area contributed by atoms with E-state index in [1.54, 1.807) is 0 Å². The quantitative estimate of drug-likeness (QED) is 0.541. The molecule has 0 radical (unpaired) electrons. The Morgan fingerprint density at radius 3 is 2.30 bits per heavy atom. The number of fused-ring (bicyclic) bond motifs is 1. The Hall–Kier alpha value is -3.36. The van der Waals surface area contributed by atoms with Crippen LogP contribution in [0.5, 0.6) is 11.5 Å². The molecule has 0 bridgehead atoms. The lowest BCUT2D eigenvalue weighted by atomic mass is 10.2. The summed E-state index contributed by atoms with van der Waals surface area (Å²) in [5.41, 5.74) is -0.762. The number of benzene rings is 2. The van der Waals surface area contributed by atoms with E-state index in [0.717, 1.165) is 23.6 Å². The number of hydrogen-bond acceptors (Lipinski definition) is 4. The van der Waals surface area contributed by atoms with Gasteiger partial charge in [0, 0.05) is 18.6 Å². The van der Waals surface area contributed by atoms with Gasteiger partial charge in [0.2, 0.25) is 0 Å². The van der Waals surface area contributed by atoms with Gasteiger partial charge in [0.15, 0.2) is 34.8 Å². The molecule has 3 rings (SSSR count). The van der Waals surface area contributed by atoms with Gasteiger partial charge in [-0.05, 0) is 25.1 Å². The van der Waals surface area contributed by atoms with Crippen LogP contribution >= 0.6 is 0 Å². The highest BCUT2D eigenvalue weighted by Crippen LogP contribution is 2.39. The molecule has 3 aromatic rings. The van der Waals surface area contributed by atoms with Gasteiger partial charge in [-0.25, -0.2) is 17.6 Å². The summed E-state index contributed by atoms with van der Waals surface area (Å²) in [6.07, 6.45) is 0. The molecule has 9 heteroatoms. The first kappa shape index (κ1) is 18.4. The predicted octanol–water partition coefficient (Wildman–Crippen LogP) is 3.83. The fraction of sp³-hybridized carbons (Fsp3) is 0.111. The van der Waals surface area contributed by atoms with Crippen LogP contribution in [-0.4, -0.2) is 21.6 Å². The first-order valence-corrected chi connectivity index (χ1v) is 7.53. The van der Waals surface area contributed by atoms with Crippen LogP contribution in [0.15, 0.2) is 24.3 Å². The van der Waals surface area contributed by atoms with Crippen LogP contribution in [0.4, 0.5) is 17.6 Å². The Bertz CT molecular complexity index is 1120. The molecule has 0 saturated heterocycles. The smallest absolute Gasteiger partial charge is 0.308 e. The molecule has 0 spiro atoms. The third-order valence-electron chi connectivity index (χ3n) is 3.92. The van der Waals surface area contributed by atoms with Crippen molar-refractivity contribution in [3.8, 4) is 11.5 Å². The van der Waals surface area contributed by atoms with Crippen molar-refractivity contribution >= 4 is 22.8 Å². The maximum absolute atomic E-state index is 14.4. The van der Waals surface area contributed by atoms with E-state index >= 15 is 0 Å². The van der Waals surface area contributed by atoms with Crippen LogP contribution in [0.3, 0.4) is 0 Å². The van der Waals surface area contributed by atoms with Crippen LogP contribution in [-0.2, 0) is 4.79 Å². The maximum atomic E-state index is 14.4. The Labute approximate surface area is 149 Å². The first-order valence-electron chi connectivity index (χ1n) is 7.53. The lowest BCUT2D eigenvalue weighted by molar-refractivity contribution is -0.131. The van der Waals surface area contributed by atoms with Crippen molar-refractivity contribution in [2.75, 3.05) is 0 Å². The van der Waals surface area contributed by atoms with Crippen molar-refractivity contribution < 1.29 is 37.0 Å². The van der Waals surface area contributed by atoms with Crippen molar-refractivity contribution in [1.82, 2.24) is 4.57 Å². The third-order valence-corrected chi connectivity index (χ3v) is 3.92. The van der Waals surface area contributed by atoms with E-state index in [-0.39, 0.29) is 16.8 Å². The number of ether oxygens (including phenoxy) is 1. The molecule has 1 heterocycles. The Balaban J connectivity index is 2.35. The van der Waals surface area contributed by atoms with Crippen molar-refractivity contribution in [3.05, 3.63) is 58.8 Å². The van der Waals surface area contributed by atoms with E-state index in [1.807, 2.05) is 0 Å². The number of hydrogen-bond donors (Lipinski definition) is 1. The van der Waals surface area contributed by atoms with Gasteiger partial charge in [-0.15, -0.1) is 0 Å². The van der Waals surface area contributed by atoms with E-state index in [2.05, 4.69) is 0 Å². The number of rotatable bonds is 2. The summed E-state index contributed by atoms with van der Waals surface area (Å²) in [5, 5.41) is 9.01. The highest BCUT2D eigenvalue weighted by molar-refractivity contribution is 6.06. The lowest BCUT2D eigenvalue weighted by Crippen LogP contribution is -2.14. The number of esters is 1. The summed E-state index contributed by atoms with van der Waals surface area (Å²) in [6.45, 7) is 2.31.